The molecule has 2 N–H and O–H groups in total. The van der Waals surface area contributed by atoms with E-state index in [9.17, 15) is 30.8 Å². The predicted octanol–water partition coefficient (Wildman–Crippen LogP) is 3.23. The number of carbonyl (C=O) groups is 1. The SMILES string of the molecule is Cc1ccc(S(=O)(=O)Nc2cccc(C(=O)NCC(F)(F)F)c2)cc1F. The van der Waals surface area contributed by atoms with Crippen LogP contribution in [-0.2, 0) is 10.0 Å². The van der Waals surface area contributed by atoms with Crippen molar-refractivity contribution >= 4 is 21.6 Å². The highest BCUT2D eigenvalue weighted by Crippen LogP contribution is 2.20. The van der Waals surface area contributed by atoms with E-state index in [1.807, 2.05) is 0 Å². The van der Waals surface area contributed by atoms with E-state index in [0.29, 0.717) is 0 Å². The Balaban J connectivity index is 2.19. The number of anilines is 1. The summed E-state index contributed by atoms with van der Waals surface area (Å²) < 4.78 is 76.7. The maximum Gasteiger partial charge on any atom is 0.405 e. The number of hydrogen-bond donors (Lipinski definition) is 2. The van der Waals surface area contributed by atoms with Crippen molar-refractivity contribution in [1.29, 1.82) is 0 Å². The summed E-state index contributed by atoms with van der Waals surface area (Å²) in [6.45, 7) is -0.0351. The largest absolute Gasteiger partial charge is 0.405 e. The smallest absolute Gasteiger partial charge is 0.343 e. The third-order valence-electron chi connectivity index (χ3n) is 3.28. The zero-order valence-corrected chi connectivity index (χ0v) is 14.2. The number of sulfonamides is 1. The summed E-state index contributed by atoms with van der Waals surface area (Å²) in [5, 5.41) is 1.68. The van der Waals surface area contributed by atoms with Gasteiger partial charge in [0.2, 0.25) is 0 Å². The van der Waals surface area contributed by atoms with E-state index in [4.69, 9.17) is 0 Å². The molecule has 0 aliphatic rings. The molecule has 2 aromatic carbocycles. The lowest BCUT2D eigenvalue weighted by molar-refractivity contribution is -0.123. The summed E-state index contributed by atoms with van der Waals surface area (Å²) in [5.74, 6) is -1.71. The Labute approximate surface area is 147 Å². The maximum atomic E-state index is 13.6. The van der Waals surface area contributed by atoms with Crippen LogP contribution >= 0.6 is 0 Å². The molecule has 5 nitrogen and oxygen atoms in total. The van der Waals surface area contributed by atoms with Gasteiger partial charge in [-0.15, -0.1) is 0 Å². The molecule has 140 valence electrons. The van der Waals surface area contributed by atoms with Crippen LogP contribution in [0.3, 0.4) is 0 Å². The average molecular weight is 390 g/mol. The molecule has 0 saturated carbocycles. The topological polar surface area (TPSA) is 75.3 Å². The maximum absolute atomic E-state index is 13.6. The number of rotatable bonds is 5. The van der Waals surface area contributed by atoms with Crippen molar-refractivity contribution in [3.8, 4) is 0 Å². The fraction of sp³-hybridized carbons (Fsp3) is 0.188. The highest BCUT2D eigenvalue weighted by Gasteiger charge is 2.28. The third-order valence-corrected chi connectivity index (χ3v) is 4.66. The van der Waals surface area contributed by atoms with Gasteiger partial charge in [0.25, 0.3) is 15.9 Å². The van der Waals surface area contributed by atoms with Crippen LogP contribution in [0.25, 0.3) is 0 Å². The molecule has 0 fully saturated rings. The molecule has 0 aliphatic carbocycles. The molecule has 0 heterocycles. The summed E-state index contributed by atoms with van der Waals surface area (Å²) in [7, 11) is -4.13. The average Bonchev–Trinajstić information content (AvgIpc) is 2.54. The van der Waals surface area contributed by atoms with Gasteiger partial charge in [-0.3, -0.25) is 9.52 Å². The molecule has 0 unspecified atom stereocenters. The van der Waals surface area contributed by atoms with Crippen LogP contribution in [0, 0.1) is 12.7 Å². The first-order valence-corrected chi connectivity index (χ1v) is 8.70. The van der Waals surface area contributed by atoms with Crippen molar-refractivity contribution in [3.63, 3.8) is 0 Å². The number of carbonyl (C=O) groups excluding carboxylic acids is 1. The van der Waals surface area contributed by atoms with Crippen LogP contribution in [0.5, 0.6) is 0 Å². The van der Waals surface area contributed by atoms with Crippen molar-refractivity contribution < 1.29 is 30.8 Å². The minimum atomic E-state index is -4.57. The lowest BCUT2D eigenvalue weighted by Crippen LogP contribution is -2.33. The second-order valence-electron chi connectivity index (χ2n) is 5.40. The number of halogens is 4. The predicted molar refractivity (Wildman–Crippen MR) is 86.8 cm³/mol. The normalized spacial score (nSPS) is 11.9. The van der Waals surface area contributed by atoms with Crippen LogP contribution in [0.1, 0.15) is 15.9 Å². The van der Waals surface area contributed by atoms with Gasteiger partial charge < -0.3 is 5.32 Å². The molecule has 0 aliphatic heterocycles. The highest BCUT2D eigenvalue weighted by molar-refractivity contribution is 7.92. The number of amides is 1. The van der Waals surface area contributed by atoms with Gasteiger partial charge in [-0.05, 0) is 42.8 Å². The van der Waals surface area contributed by atoms with Gasteiger partial charge in [0.1, 0.15) is 12.4 Å². The van der Waals surface area contributed by atoms with Crippen LogP contribution in [0.4, 0.5) is 23.2 Å². The molecular weight excluding hydrogens is 376 g/mol. The van der Waals surface area contributed by atoms with Crippen molar-refractivity contribution in [2.24, 2.45) is 0 Å². The first-order chi connectivity index (χ1) is 12.0. The van der Waals surface area contributed by atoms with E-state index < -0.39 is 34.5 Å². The lowest BCUT2D eigenvalue weighted by Gasteiger charge is -2.11. The first-order valence-electron chi connectivity index (χ1n) is 7.22. The third kappa shape index (κ3) is 5.19. The summed E-state index contributed by atoms with van der Waals surface area (Å²) in [4.78, 5) is 11.4. The molecule has 0 spiro atoms. The number of aryl methyl sites for hydroxylation is 1. The molecule has 0 atom stereocenters. The number of alkyl halides is 3. The summed E-state index contributed by atoms with van der Waals surface area (Å²) in [5.41, 5.74) is 0.0578. The van der Waals surface area contributed by atoms with E-state index in [1.165, 1.54) is 37.3 Å². The van der Waals surface area contributed by atoms with Gasteiger partial charge in [-0.2, -0.15) is 13.2 Å². The summed E-state index contributed by atoms with van der Waals surface area (Å²) in [6, 6.07) is 8.27. The van der Waals surface area contributed by atoms with Crippen LogP contribution in [-0.4, -0.2) is 27.0 Å². The minimum absolute atomic E-state index is 0.0503. The quantitative estimate of drug-likeness (QED) is 0.770. The Morgan fingerprint density at radius 2 is 1.81 bits per heavy atom. The molecule has 2 rings (SSSR count). The Morgan fingerprint density at radius 1 is 1.12 bits per heavy atom. The van der Waals surface area contributed by atoms with Gasteiger partial charge in [0.05, 0.1) is 4.90 Å². The van der Waals surface area contributed by atoms with E-state index >= 15 is 0 Å². The van der Waals surface area contributed by atoms with Gasteiger partial charge in [0, 0.05) is 11.3 Å². The second-order valence-corrected chi connectivity index (χ2v) is 7.08. The van der Waals surface area contributed by atoms with Crippen molar-refractivity contribution in [2.45, 2.75) is 18.0 Å². The second kappa shape index (κ2) is 7.32. The van der Waals surface area contributed by atoms with Gasteiger partial charge >= 0.3 is 6.18 Å². The van der Waals surface area contributed by atoms with Gasteiger partial charge in [-0.1, -0.05) is 12.1 Å². The monoisotopic (exact) mass is 390 g/mol. The zero-order chi connectivity index (χ0) is 19.5. The Morgan fingerprint density at radius 3 is 2.42 bits per heavy atom. The van der Waals surface area contributed by atoms with Crippen molar-refractivity contribution in [3.05, 3.63) is 59.4 Å². The Kier molecular flexibility index (Phi) is 5.55. The molecule has 0 bridgehead atoms. The number of benzene rings is 2. The van der Waals surface area contributed by atoms with E-state index in [-0.39, 0.29) is 21.7 Å². The van der Waals surface area contributed by atoms with Gasteiger partial charge in [-0.25, -0.2) is 12.8 Å². The molecular formula is C16H14F4N2O3S. The highest BCUT2D eigenvalue weighted by atomic mass is 32.2. The summed E-state index contributed by atoms with van der Waals surface area (Å²) >= 11 is 0. The van der Waals surface area contributed by atoms with E-state index in [0.717, 1.165) is 12.1 Å². The molecule has 10 heteroatoms. The standard InChI is InChI=1S/C16H14F4N2O3S/c1-10-5-6-13(8-14(10)17)26(24,25)22-12-4-2-3-11(7-12)15(23)21-9-16(18,19)20/h2-8,22H,9H2,1H3,(H,21,23). The molecule has 0 aromatic heterocycles. The fourth-order valence-electron chi connectivity index (χ4n) is 1.96. The molecule has 2 aromatic rings. The van der Waals surface area contributed by atoms with Gasteiger partial charge in [0.15, 0.2) is 0 Å². The first kappa shape index (κ1) is 19.7. The Bertz CT molecular complexity index is 927. The molecule has 1 amide bonds. The fourth-order valence-corrected chi connectivity index (χ4v) is 3.02. The minimum Gasteiger partial charge on any atom is -0.343 e. The molecule has 26 heavy (non-hydrogen) atoms. The van der Waals surface area contributed by atoms with E-state index in [1.54, 1.807) is 5.32 Å². The zero-order valence-electron chi connectivity index (χ0n) is 13.4. The summed E-state index contributed by atoms with van der Waals surface area (Å²) in [6.07, 6.45) is -4.57. The van der Waals surface area contributed by atoms with Crippen molar-refractivity contribution in [2.75, 3.05) is 11.3 Å². The lowest BCUT2D eigenvalue weighted by atomic mass is 10.2. The van der Waals surface area contributed by atoms with E-state index in [2.05, 4.69) is 4.72 Å². The Hall–Kier alpha value is -2.62. The molecule has 0 radical (unpaired) electrons. The van der Waals surface area contributed by atoms with Crippen LogP contribution in [0.15, 0.2) is 47.4 Å². The molecule has 0 saturated heterocycles. The van der Waals surface area contributed by atoms with Crippen LogP contribution < -0.4 is 10.0 Å². The number of nitrogens with one attached hydrogen (secondary N) is 2. The van der Waals surface area contributed by atoms with Crippen molar-refractivity contribution in [1.82, 2.24) is 5.32 Å². The number of hydrogen-bond acceptors (Lipinski definition) is 3. The van der Waals surface area contributed by atoms with Crippen LogP contribution in [0.2, 0.25) is 0 Å².